The first-order chi connectivity index (χ1) is 9.33. The van der Waals surface area contributed by atoms with E-state index in [0.29, 0.717) is 11.5 Å². The monoisotopic (exact) mass is 301 g/mol. The second-order valence-electron chi connectivity index (χ2n) is 3.60. The van der Waals surface area contributed by atoms with Crippen molar-refractivity contribution in [3.63, 3.8) is 0 Å². The summed E-state index contributed by atoms with van der Waals surface area (Å²) >= 11 is 0. The van der Waals surface area contributed by atoms with E-state index in [1.807, 2.05) is 0 Å². The lowest BCUT2D eigenvalue weighted by molar-refractivity contribution is 0.0981. The van der Waals surface area contributed by atoms with E-state index in [1.54, 1.807) is 6.92 Å². The summed E-state index contributed by atoms with van der Waals surface area (Å²) in [4.78, 5) is 15.4. The van der Waals surface area contributed by atoms with E-state index < -0.39 is 16.4 Å². The number of benzene rings is 1. The minimum Gasteiger partial charge on any atom is -0.358 e. The number of aryl methyl sites for hydroxylation is 1. The molecular formula is C10H8FN3O5S. The summed E-state index contributed by atoms with van der Waals surface area (Å²) in [6.45, 7) is 1.56. The number of carbonyl (C=O) groups excluding carboxylic acids is 1. The fraction of sp³-hybridized carbons (Fsp3) is 0.100. The maximum absolute atomic E-state index is 12.3. The molecule has 8 nitrogen and oxygen atoms in total. The minimum absolute atomic E-state index is 0.214. The number of carbonyl (C=O) groups is 1. The van der Waals surface area contributed by atoms with Crippen molar-refractivity contribution in [2.75, 3.05) is 5.32 Å². The molecule has 0 bridgehead atoms. The fourth-order valence-electron chi connectivity index (χ4n) is 1.28. The highest BCUT2D eigenvalue weighted by Crippen LogP contribution is 2.18. The maximum Gasteiger partial charge on any atom is 0.488 e. The van der Waals surface area contributed by atoms with Crippen LogP contribution in [0, 0.1) is 6.92 Å². The van der Waals surface area contributed by atoms with Gasteiger partial charge in [-0.1, -0.05) is 9.04 Å². The highest BCUT2D eigenvalue weighted by Gasteiger charge is 2.14. The van der Waals surface area contributed by atoms with Gasteiger partial charge in [0.15, 0.2) is 5.82 Å². The Hall–Kier alpha value is -2.49. The quantitative estimate of drug-likeness (QED) is 0.845. The second kappa shape index (κ2) is 5.25. The summed E-state index contributed by atoms with van der Waals surface area (Å²) in [5.41, 5.74) is 0.314. The van der Waals surface area contributed by atoms with E-state index in [4.69, 9.17) is 0 Å². The van der Waals surface area contributed by atoms with Gasteiger partial charge < -0.3 is 14.0 Å². The smallest absolute Gasteiger partial charge is 0.358 e. The molecule has 106 valence electrons. The van der Waals surface area contributed by atoms with E-state index in [1.165, 1.54) is 24.3 Å². The number of hydrogen-bond acceptors (Lipinski definition) is 7. The number of halogens is 1. The van der Waals surface area contributed by atoms with E-state index in [9.17, 15) is 17.1 Å². The molecule has 1 aromatic heterocycles. The Kier molecular flexibility index (Phi) is 3.66. The van der Waals surface area contributed by atoms with Crippen LogP contribution >= 0.6 is 0 Å². The first-order valence-electron chi connectivity index (χ1n) is 5.19. The first-order valence-corrected chi connectivity index (χ1v) is 6.50. The number of nitrogens with zero attached hydrogens (tertiary/aromatic N) is 2. The molecule has 0 unspecified atom stereocenters. The van der Waals surface area contributed by atoms with Gasteiger partial charge in [-0.15, -0.1) is 0 Å². The number of hydrogen-bond donors (Lipinski definition) is 1. The Morgan fingerprint density at radius 3 is 2.50 bits per heavy atom. The van der Waals surface area contributed by atoms with Crippen LogP contribution < -0.4 is 9.50 Å². The fourth-order valence-corrected chi connectivity index (χ4v) is 1.62. The zero-order valence-electron chi connectivity index (χ0n) is 10.0. The number of nitrogens with one attached hydrogen (secondary N) is 1. The maximum atomic E-state index is 12.3. The van der Waals surface area contributed by atoms with Crippen molar-refractivity contribution in [2.45, 2.75) is 6.92 Å². The molecular weight excluding hydrogens is 293 g/mol. The lowest BCUT2D eigenvalue weighted by Gasteiger charge is -2.03. The van der Waals surface area contributed by atoms with Gasteiger partial charge in [0.2, 0.25) is 0 Å². The van der Waals surface area contributed by atoms with Crippen LogP contribution in [0.1, 0.15) is 16.5 Å². The molecule has 1 N–H and O–H groups in total. The second-order valence-corrected chi connectivity index (χ2v) is 4.55. The Balaban J connectivity index is 2.06. The first kappa shape index (κ1) is 13.9. The molecule has 2 aromatic rings. The standard InChI is InChI=1S/C10H8FN3O5S/c1-6-12-10(18-14-6)9(15)13-7-2-4-8(5-3-7)19-20(11,16)17/h2-5H,1H3,(H,13,15). The molecule has 0 spiro atoms. The third-order valence-corrected chi connectivity index (χ3v) is 2.42. The Labute approximate surface area is 113 Å². The van der Waals surface area contributed by atoms with Crippen molar-refractivity contribution in [3.8, 4) is 5.75 Å². The van der Waals surface area contributed by atoms with Crippen molar-refractivity contribution in [3.05, 3.63) is 36.0 Å². The summed E-state index contributed by atoms with van der Waals surface area (Å²) < 4.78 is 41.5. The predicted molar refractivity (Wildman–Crippen MR) is 64.1 cm³/mol. The van der Waals surface area contributed by atoms with E-state index in [0.717, 1.165) is 0 Å². The predicted octanol–water partition coefficient (Wildman–Crippen LogP) is 1.22. The Bertz CT molecular complexity index is 726. The van der Waals surface area contributed by atoms with Crippen LogP contribution in [0.5, 0.6) is 5.75 Å². The summed E-state index contributed by atoms with van der Waals surface area (Å²) in [7, 11) is -5.07. The van der Waals surface area contributed by atoms with E-state index in [-0.39, 0.29) is 11.6 Å². The molecule has 0 saturated heterocycles. The van der Waals surface area contributed by atoms with Gasteiger partial charge in [-0.25, -0.2) is 0 Å². The molecule has 20 heavy (non-hydrogen) atoms. The average molecular weight is 301 g/mol. The van der Waals surface area contributed by atoms with E-state index in [2.05, 4.69) is 24.2 Å². The summed E-state index contributed by atoms with van der Waals surface area (Å²) in [6.07, 6.45) is 0. The molecule has 0 radical (unpaired) electrons. The summed E-state index contributed by atoms with van der Waals surface area (Å²) in [5.74, 6) is -0.752. The topological polar surface area (TPSA) is 111 Å². The zero-order chi connectivity index (χ0) is 14.8. The van der Waals surface area contributed by atoms with Gasteiger partial charge in [0, 0.05) is 5.69 Å². The van der Waals surface area contributed by atoms with Gasteiger partial charge in [-0.05, 0) is 31.2 Å². The highest BCUT2D eigenvalue weighted by atomic mass is 32.3. The van der Waals surface area contributed by atoms with Gasteiger partial charge in [0.1, 0.15) is 5.75 Å². The molecule has 0 saturated carbocycles. The van der Waals surface area contributed by atoms with Crippen molar-refractivity contribution in [1.29, 1.82) is 0 Å². The van der Waals surface area contributed by atoms with Gasteiger partial charge in [-0.2, -0.15) is 13.4 Å². The highest BCUT2D eigenvalue weighted by molar-refractivity contribution is 7.81. The summed E-state index contributed by atoms with van der Waals surface area (Å²) in [6, 6.07) is 4.99. The molecule has 0 atom stereocenters. The molecule has 0 aliphatic carbocycles. The number of anilines is 1. The van der Waals surface area contributed by atoms with Crippen LogP contribution in [0.15, 0.2) is 28.8 Å². The SMILES string of the molecule is Cc1noc(C(=O)Nc2ccc(OS(=O)(=O)F)cc2)n1. The van der Waals surface area contributed by atoms with Crippen LogP contribution in [-0.4, -0.2) is 24.5 Å². The molecule has 1 amide bonds. The van der Waals surface area contributed by atoms with Gasteiger partial charge in [0.05, 0.1) is 0 Å². The van der Waals surface area contributed by atoms with Crippen molar-refractivity contribution in [2.24, 2.45) is 0 Å². The van der Waals surface area contributed by atoms with Crippen LogP contribution in [0.25, 0.3) is 0 Å². The van der Waals surface area contributed by atoms with E-state index >= 15 is 0 Å². The molecule has 1 aromatic carbocycles. The molecule has 2 rings (SSSR count). The molecule has 1 heterocycles. The lowest BCUT2D eigenvalue weighted by Crippen LogP contribution is -2.12. The zero-order valence-corrected chi connectivity index (χ0v) is 10.8. The number of rotatable bonds is 4. The van der Waals surface area contributed by atoms with Crippen LogP contribution in [0.4, 0.5) is 9.57 Å². The van der Waals surface area contributed by atoms with Crippen molar-refractivity contribution < 1.29 is 25.8 Å². The van der Waals surface area contributed by atoms with Crippen LogP contribution in [0.3, 0.4) is 0 Å². The number of aromatic nitrogens is 2. The minimum atomic E-state index is -5.07. The van der Waals surface area contributed by atoms with Gasteiger partial charge >= 0.3 is 22.3 Å². The normalized spacial score (nSPS) is 11.1. The largest absolute Gasteiger partial charge is 0.488 e. The third-order valence-electron chi connectivity index (χ3n) is 2.03. The molecule has 0 aliphatic rings. The Morgan fingerprint density at radius 2 is 2.00 bits per heavy atom. The molecule has 0 fully saturated rings. The third kappa shape index (κ3) is 3.75. The number of amides is 1. The molecule has 10 heteroatoms. The van der Waals surface area contributed by atoms with Crippen molar-refractivity contribution in [1.82, 2.24) is 10.1 Å². The van der Waals surface area contributed by atoms with Gasteiger partial charge in [-0.3, -0.25) is 4.79 Å². The lowest BCUT2D eigenvalue weighted by atomic mass is 10.3. The average Bonchev–Trinajstić information content (AvgIpc) is 2.77. The van der Waals surface area contributed by atoms with Gasteiger partial charge in [0.25, 0.3) is 0 Å². The van der Waals surface area contributed by atoms with Crippen LogP contribution in [-0.2, 0) is 10.5 Å². The Morgan fingerprint density at radius 1 is 1.35 bits per heavy atom. The van der Waals surface area contributed by atoms with Crippen molar-refractivity contribution >= 4 is 22.1 Å². The summed E-state index contributed by atoms with van der Waals surface area (Å²) in [5, 5.41) is 5.89. The van der Waals surface area contributed by atoms with Crippen LogP contribution in [0.2, 0.25) is 0 Å². The molecule has 0 aliphatic heterocycles.